The fourth-order valence-corrected chi connectivity index (χ4v) is 1.10. The van der Waals surface area contributed by atoms with E-state index in [0.717, 1.165) is 5.56 Å². The molecule has 54 valence electrons. The number of rotatable bonds is 1. The molecule has 0 amide bonds. The molecule has 1 rings (SSSR count). The fraction of sp³-hybridized carbons (Fsp3) is 0.167. The van der Waals surface area contributed by atoms with Gasteiger partial charge in [0, 0.05) is 18.3 Å². The van der Waals surface area contributed by atoms with Gasteiger partial charge in [0.05, 0.1) is 9.77 Å². The van der Waals surface area contributed by atoms with Gasteiger partial charge >= 0.3 is 0 Å². The van der Waals surface area contributed by atoms with Crippen molar-refractivity contribution < 1.29 is 4.39 Å². The molecule has 4 heteroatoms. The molecular formula is C6H6FIN2. The standard InChI is InChI=1S/C6H6FIN2/c7-5-3-10-2-4(1-9)6(5)8/h2-3H,1,9H2. The zero-order chi connectivity index (χ0) is 7.56. The molecule has 0 aliphatic rings. The molecule has 1 aromatic rings. The van der Waals surface area contributed by atoms with Crippen molar-refractivity contribution in [2.24, 2.45) is 5.73 Å². The van der Waals surface area contributed by atoms with E-state index in [1.165, 1.54) is 6.20 Å². The first-order valence-electron chi connectivity index (χ1n) is 2.73. The molecule has 1 aromatic heterocycles. The van der Waals surface area contributed by atoms with Crippen molar-refractivity contribution in [3.8, 4) is 0 Å². The Hall–Kier alpha value is -0.230. The zero-order valence-corrected chi connectivity index (χ0v) is 7.30. The molecule has 0 unspecified atom stereocenters. The average Bonchev–Trinajstić information content (AvgIpc) is 1.95. The summed E-state index contributed by atoms with van der Waals surface area (Å²) in [6.07, 6.45) is 2.76. The predicted octanol–water partition coefficient (Wildman–Crippen LogP) is 1.28. The number of nitrogens with two attached hydrogens (primary N) is 1. The lowest BCUT2D eigenvalue weighted by molar-refractivity contribution is 0.610. The van der Waals surface area contributed by atoms with E-state index in [2.05, 4.69) is 4.98 Å². The maximum atomic E-state index is 12.6. The number of pyridine rings is 1. The first kappa shape index (κ1) is 7.87. The third kappa shape index (κ3) is 1.43. The summed E-state index contributed by atoms with van der Waals surface area (Å²) in [5, 5.41) is 0. The number of aromatic nitrogens is 1. The zero-order valence-electron chi connectivity index (χ0n) is 5.14. The minimum absolute atomic E-state index is 0.302. The molecule has 0 aromatic carbocycles. The second-order valence-electron chi connectivity index (χ2n) is 1.80. The molecule has 0 aliphatic carbocycles. The number of nitrogens with zero attached hydrogens (tertiary/aromatic N) is 1. The minimum Gasteiger partial charge on any atom is -0.326 e. The van der Waals surface area contributed by atoms with Crippen LogP contribution >= 0.6 is 22.6 Å². The smallest absolute Gasteiger partial charge is 0.155 e. The van der Waals surface area contributed by atoms with E-state index in [-0.39, 0.29) is 5.82 Å². The van der Waals surface area contributed by atoms with Gasteiger partial charge in [-0.3, -0.25) is 4.98 Å². The highest BCUT2D eigenvalue weighted by atomic mass is 127. The van der Waals surface area contributed by atoms with Crippen molar-refractivity contribution in [1.82, 2.24) is 4.98 Å². The summed E-state index contributed by atoms with van der Waals surface area (Å²) in [6.45, 7) is 0.336. The van der Waals surface area contributed by atoms with Crippen LogP contribution in [-0.2, 0) is 6.54 Å². The predicted molar refractivity (Wildman–Crippen MR) is 44.8 cm³/mol. The van der Waals surface area contributed by atoms with Crippen LogP contribution in [0, 0.1) is 9.39 Å². The van der Waals surface area contributed by atoms with E-state index in [0.29, 0.717) is 10.1 Å². The Morgan fingerprint density at radius 1 is 1.60 bits per heavy atom. The molecular weight excluding hydrogens is 246 g/mol. The minimum atomic E-state index is -0.302. The van der Waals surface area contributed by atoms with Crippen LogP contribution in [-0.4, -0.2) is 4.98 Å². The first-order chi connectivity index (χ1) is 4.75. The summed E-state index contributed by atoms with van der Waals surface area (Å²) >= 11 is 1.91. The molecule has 2 nitrogen and oxygen atoms in total. The van der Waals surface area contributed by atoms with Gasteiger partial charge in [-0.1, -0.05) is 0 Å². The monoisotopic (exact) mass is 252 g/mol. The molecule has 1 heterocycles. The second-order valence-corrected chi connectivity index (χ2v) is 2.88. The third-order valence-corrected chi connectivity index (χ3v) is 2.34. The molecule has 0 fully saturated rings. The van der Waals surface area contributed by atoms with Crippen LogP contribution in [0.2, 0.25) is 0 Å². The van der Waals surface area contributed by atoms with Crippen molar-refractivity contribution in [2.45, 2.75) is 6.54 Å². The molecule has 0 aliphatic heterocycles. The summed E-state index contributed by atoms with van der Waals surface area (Å²) in [5.41, 5.74) is 6.06. The van der Waals surface area contributed by atoms with E-state index >= 15 is 0 Å². The summed E-state index contributed by atoms with van der Waals surface area (Å²) in [6, 6.07) is 0. The summed E-state index contributed by atoms with van der Waals surface area (Å²) in [5.74, 6) is -0.302. The summed E-state index contributed by atoms with van der Waals surface area (Å²) < 4.78 is 13.2. The van der Waals surface area contributed by atoms with Gasteiger partial charge in [-0.15, -0.1) is 0 Å². The van der Waals surface area contributed by atoms with E-state index in [9.17, 15) is 4.39 Å². The van der Waals surface area contributed by atoms with Crippen LogP contribution < -0.4 is 5.73 Å². The lowest BCUT2D eigenvalue weighted by Crippen LogP contribution is -2.01. The molecule has 2 N–H and O–H groups in total. The Labute approximate surface area is 71.8 Å². The first-order valence-corrected chi connectivity index (χ1v) is 3.81. The third-order valence-electron chi connectivity index (χ3n) is 1.13. The number of hydrogen-bond acceptors (Lipinski definition) is 2. The van der Waals surface area contributed by atoms with E-state index in [4.69, 9.17) is 5.73 Å². The molecule has 0 radical (unpaired) electrons. The lowest BCUT2D eigenvalue weighted by atomic mass is 10.3. The van der Waals surface area contributed by atoms with Crippen LogP contribution in [0.5, 0.6) is 0 Å². The Balaban J connectivity index is 3.14. The Bertz CT molecular complexity index is 239. The van der Waals surface area contributed by atoms with Crippen molar-refractivity contribution in [3.05, 3.63) is 27.3 Å². The van der Waals surface area contributed by atoms with Crippen molar-refractivity contribution in [1.29, 1.82) is 0 Å². The van der Waals surface area contributed by atoms with Gasteiger partial charge in [-0.05, 0) is 22.6 Å². The second kappa shape index (κ2) is 3.25. The van der Waals surface area contributed by atoms with Gasteiger partial charge in [0.25, 0.3) is 0 Å². The van der Waals surface area contributed by atoms with Crippen LogP contribution in [0.3, 0.4) is 0 Å². The highest BCUT2D eigenvalue weighted by molar-refractivity contribution is 14.1. The summed E-state index contributed by atoms with van der Waals surface area (Å²) in [4.78, 5) is 3.66. The van der Waals surface area contributed by atoms with Crippen LogP contribution in [0.25, 0.3) is 0 Å². The summed E-state index contributed by atoms with van der Waals surface area (Å²) in [7, 11) is 0. The number of hydrogen-bond donors (Lipinski definition) is 1. The largest absolute Gasteiger partial charge is 0.326 e. The Kier molecular flexibility index (Phi) is 2.56. The van der Waals surface area contributed by atoms with E-state index in [1.54, 1.807) is 6.20 Å². The maximum Gasteiger partial charge on any atom is 0.155 e. The quantitative estimate of drug-likeness (QED) is 0.765. The fourth-order valence-electron chi connectivity index (χ4n) is 0.602. The SMILES string of the molecule is NCc1cncc(F)c1I. The highest BCUT2D eigenvalue weighted by Crippen LogP contribution is 2.13. The molecule has 0 saturated heterocycles. The van der Waals surface area contributed by atoms with Gasteiger partial charge < -0.3 is 5.73 Å². The maximum absolute atomic E-state index is 12.6. The van der Waals surface area contributed by atoms with Crippen LogP contribution in [0.1, 0.15) is 5.56 Å². The molecule has 0 bridgehead atoms. The molecule has 0 spiro atoms. The van der Waals surface area contributed by atoms with Crippen molar-refractivity contribution in [2.75, 3.05) is 0 Å². The molecule has 0 saturated carbocycles. The lowest BCUT2D eigenvalue weighted by Gasteiger charge is -1.98. The number of halogens is 2. The normalized spacial score (nSPS) is 9.90. The van der Waals surface area contributed by atoms with E-state index < -0.39 is 0 Å². The highest BCUT2D eigenvalue weighted by Gasteiger charge is 2.02. The van der Waals surface area contributed by atoms with Gasteiger partial charge in [0.2, 0.25) is 0 Å². The molecule has 0 atom stereocenters. The van der Waals surface area contributed by atoms with Crippen LogP contribution in [0.4, 0.5) is 4.39 Å². The van der Waals surface area contributed by atoms with Gasteiger partial charge in [-0.25, -0.2) is 4.39 Å². The molecule has 10 heavy (non-hydrogen) atoms. The van der Waals surface area contributed by atoms with Gasteiger partial charge in [-0.2, -0.15) is 0 Å². The van der Waals surface area contributed by atoms with Crippen molar-refractivity contribution >= 4 is 22.6 Å². The van der Waals surface area contributed by atoms with Gasteiger partial charge in [0.15, 0.2) is 5.82 Å². The van der Waals surface area contributed by atoms with E-state index in [1.807, 2.05) is 22.6 Å². The Morgan fingerprint density at radius 2 is 2.30 bits per heavy atom. The topological polar surface area (TPSA) is 38.9 Å². The van der Waals surface area contributed by atoms with Gasteiger partial charge in [0.1, 0.15) is 0 Å². The average molecular weight is 252 g/mol. The van der Waals surface area contributed by atoms with Crippen molar-refractivity contribution in [3.63, 3.8) is 0 Å². The Morgan fingerprint density at radius 3 is 2.80 bits per heavy atom. The van der Waals surface area contributed by atoms with Crippen LogP contribution in [0.15, 0.2) is 12.4 Å².